The minimum Gasteiger partial charge on any atom is -0.459 e. The Kier molecular flexibility index (Phi) is 5.20. The molecule has 0 unspecified atom stereocenters. The lowest BCUT2D eigenvalue weighted by Gasteiger charge is -2.34. The van der Waals surface area contributed by atoms with Crippen LogP contribution < -0.4 is 11.2 Å². The van der Waals surface area contributed by atoms with Crippen LogP contribution in [0.1, 0.15) is 20.9 Å². The quantitative estimate of drug-likeness (QED) is 0.637. The number of carbonyl (C=O) groups excluding carboxylic acids is 3. The van der Waals surface area contributed by atoms with Crippen molar-refractivity contribution in [3.63, 3.8) is 0 Å². The van der Waals surface area contributed by atoms with Gasteiger partial charge >= 0.3 is 11.7 Å². The van der Waals surface area contributed by atoms with Crippen molar-refractivity contribution in [3.05, 3.63) is 56.8 Å². The normalized spacial score (nSPS) is 14.1. The zero-order chi connectivity index (χ0) is 19.4. The Morgan fingerprint density at radius 3 is 2.44 bits per heavy atom. The molecule has 0 radical (unpaired) electrons. The number of carbonyl (C=O) groups is 3. The van der Waals surface area contributed by atoms with Crippen LogP contribution in [-0.4, -0.2) is 70.3 Å². The van der Waals surface area contributed by atoms with E-state index in [0.717, 1.165) is 6.20 Å². The van der Waals surface area contributed by atoms with E-state index < -0.39 is 35.3 Å². The van der Waals surface area contributed by atoms with E-state index in [1.807, 2.05) is 4.98 Å². The first-order chi connectivity index (χ1) is 13.0. The summed E-state index contributed by atoms with van der Waals surface area (Å²) in [5.41, 5.74) is -2.06. The number of amides is 2. The van der Waals surface area contributed by atoms with Crippen molar-refractivity contribution in [2.24, 2.45) is 0 Å². The number of nitrogens with zero attached hydrogens (tertiary/aromatic N) is 2. The molecule has 3 heterocycles. The van der Waals surface area contributed by atoms with E-state index in [1.165, 1.54) is 11.2 Å². The number of ether oxygens (including phenoxy) is 1. The summed E-state index contributed by atoms with van der Waals surface area (Å²) in [6.45, 7) is 0.644. The molecule has 11 heteroatoms. The number of hydrogen-bond donors (Lipinski definition) is 2. The number of piperazine rings is 1. The van der Waals surface area contributed by atoms with Gasteiger partial charge in [0.1, 0.15) is 5.56 Å². The zero-order valence-corrected chi connectivity index (χ0v) is 14.1. The molecule has 0 atom stereocenters. The van der Waals surface area contributed by atoms with Crippen LogP contribution in [0, 0.1) is 0 Å². The van der Waals surface area contributed by atoms with Gasteiger partial charge in [-0.3, -0.25) is 19.4 Å². The van der Waals surface area contributed by atoms with E-state index in [1.54, 1.807) is 17.0 Å². The van der Waals surface area contributed by atoms with Crippen LogP contribution >= 0.6 is 0 Å². The number of hydrogen-bond acceptors (Lipinski definition) is 7. The van der Waals surface area contributed by atoms with Crippen LogP contribution in [0.2, 0.25) is 0 Å². The summed E-state index contributed by atoms with van der Waals surface area (Å²) in [4.78, 5) is 65.7. The summed E-state index contributed by atoms with van der Waals surface area (Å²) in [7, 11) is 0. The van der Waals surface area contributed by atoms with Crippen LogP contribution in [0.3, 0.4) is 0 Å². The molecule has 0 aliphatic carbocycles. The Bertz CT molecular complexity index is 952. The number of nitrogens with one attached hydrogen (secondary N) is 2. The van der Waals surface area contributed by atoms with Crippen molar-refractivity contribution in [1.82, 2.24) is 19.8 Å². The van der Waals surface area contributed by atoms with E-state index in [2.05, 4.69) is 4.98 Å². The van der Waals surface area contributed by atoms with Crippen LogP contribution in [0.4, 0.5) is 0 Å². The van der Waals surface area contributed by atoms with E-state index in [-0.39, 0.29) is 24.8 Å². The average molecular weight is 376 g/mol. The fourth-order valence-electron chi connectivity index (χ4n) is 2.57. The van der Waals surface area contributed by atoms with Crippen molar-refractivity contribution in [1.29, 1.82) is 0 Å². The van der Waals surface area contributed by atoms with E-state index in [4.69, 9.17) is 9.15 Å². The molecule has 2 aromatic rings. The summed E-state index contributed by atoms with van der Waals surface area (Å²) in [6.07, 6.45) is 2.34. The molecule has 0 spiro atoms. The predicted octanol–water partition coefficient (Wildman–Crippen LogP) is -1.20. The van der Waals surface area contributed by atoms with Crippen LogP contribution in [0.15, 0.2) is 38.6 Å². The molecule has 2 aromatic heterocycles. The third-order valence-electron chi connectivity index (χ3n) is 4.02. The van der Waals surface area contributed by atoms with Gasteiger partial charge in [-0.1, -0.05) is 0 Å². The Morgan fingerprint density at radius 1 is 1.11 bits per heavy atom. The van der Waals surface area contributed by atoms with Gasteiger partial charge in [0, 0.05) is 32.4 Å². The Labute approximate surface area is 151 Å². The van der Waals surface area contributed by atoms with Crippen molar-refractivity contribution >= 4 is 17.8 Å². The van der Waals surface area contributed by atoms with E-state index in [9.17, 15) is 24.0 Å². The Balaban J connectivity index is 1.49. The summed E-state index contributed by atoms with van der Waals surface area (Å²) in [5, 5.41) is 0. The molecule has 2 N–H and O–H groups in total. The molecule has 1 saturated heterocycles. The second kappa shape index (κ2) is 7.72. The van der Waals surface area contributed by atoms with Crippen molar-refractivity contribution in [2.45, 2.75) is 0 Å². The molecule has 3 rings (SSSR count). The van der Waals surface area contributed by atoms with Gasteiger partial charge in [0.25, 0.3) is 17.4 Å². The number of furan rings is 1. The maximum Gasteiger partial charge on any atom is 0.345 e. The van der Waals surface area contributed by atoms with E-state index in [0.29, 0.717) is 13.1 Å². The summed E-state index contributed by atoms with van der Waals surface area (Å²) in [6, 6.07) is 3.19. The lowest BCUT2D eigenvalue weighted by atomic mass is 10.3. The molecule has 1 fully saturated rings. The lowest BCUT2D eigenvalue weighted by molar-refractivity contribution is -0.136. The largest absolute Gasteiger partial charge is 0.459 e. The van der Waals surface area contributed by atoms with Gasteiger partial charge in [-0.25, -0.2) is 9.59 Å². The fraction of sp³-hybridized carbons (Fsp3) is 0.312. The smallest absolute Gasteiger partial charge is 0.345 e. The molecule has 11 nitrogen and oxygen atoms in total. The highest BCUT2D eigenvalue weighted by molar-refractivity contribution is 5.92. The number of esters is 1. The number of rotatable bonds is 4. The molecule has 1 aliphatic heterocycles. The topological polar surface area (TPSA) is 146 Å². The third-order valence-corrected chi connectivity index (χ3v) is 4.02. The maximum absolute atomic E-state index is 12.2. The highest BCUT2D eigenvalue weighted by Crippen LogP contribution is 2.09. The SMILES string of the molecule is O=C(OCC(=O)N1CCN(C(=O)c2ccco2)CC1)c1c[nH]c(=O)[nH]c1=O. The first-order valence-corrected chi connectivity index (χ1v) is 8.05. The third kappa shape index (κ3) is 4.14. The van der Waals surface area contributed by atoms with Crippen LogP contribution in [0.5, 0.6) is 0 Å². The number of aromatic nitrogens is 2. The molecule has 27 heavy (non-hydrogen) atoms. The molecule has 2 amide bonds. The molecule has 0 aromatic carbocycles. The van der Waals surface area contributed by atoms with Gasteiger partial charge in [0.2, 0.25) is 0 Å². The Morgan fingerprint density at radius 2 is 1.81 bits per heavy atom. The second-order valence-electron chi connectivity index (χ2n) is 5.71. The van der Waals surface area contributed by atoms with Crippen LogP contribution in [0.25, 0.3) is 0 Å². The van der Waals surface area contributed by atoms with Crippen molar-refractivity contribution in [2.75, 3.05) is 32.8 Å². The standard InChI is InChI=1S/C16H16N4O7/c21-12(9-27-15(24)10-8-17-16(25)18-13(10)22)19-3-5-20(6-4-19)14(23)11-2-1-7-26-11/h1-2,7-8H,3-6,9H2,(H2,17,18,22,25). The van der Waals surface area contributed by atoms with Gasteiger partial charge in [-0.15, -0.1) is 0 Å². The lowest BCUT2D eigenvalue weighted by Crippen LogP contribution is -2.51. The van der Waals surface area contributed by atoms with Gasteiger partial charge in [0.15, 0.2) is 12.4 Å². The minimum atomic E-state index is -1.02. The highest BCUT2D eigenvalue weighted by atomic mass is 16.5. The maximum atomic E-state index is 12.2. The highest BCUT2D eigenvalue weighted by Gasteiger charge is 2.26. The number of aromatic amines is 2. The summed E-state index contributed by atoms with van der Waals surface area (Å²) < 4.78 is 9.90. The van der Waals surface area contributed by atoms with Gasteiger partial charge in [-0.2, -0.15) is 0 Å². The van der Waals surface area contributed by atoms with Gasteiger partial charge < -0.3 is 23.9 Å². The van der Waals surface area contributed by atoms with Crippen molar-refractivity contribution < 1.29 is 23.5 Å². The Hall–Kier alpha value is -3.63. The molecule has 0 bridgehead atoms. The zero-order valence-electron chi connectivity index (χ0n) is 14.1. The monoisotopic (exact) mass is 376 g/mol. The van der Waals surface area contributed by atoms with E-state index >= 15 is 0 Å². The summed E-state index contributed by atoms with van der Waals surface area (Å²) in [5.74, 6) is -1.49. The average Bonchev–Trinajstić information content (AvgIpc) is 3.20. The molecule has 142 valence electrons. The first kappa shape index (κ1) is 18.2. The molecular weight excluding hydrogens is 360 g/mol. The fourth-order valence-corrected chi connectivity index (χ4v) is 2.57. The minimum absolute atomic E-state index is 0.231. The predicted molar refractivity (Wildman–Crippen MR) is 89.2 cm³/mol. The van der Waals surface area contributed by atoms with Crippen LogP contribution in [-0.2, 0) is 9.53 Å². The number of H-pyrrole nitrogens is 2. The summed E-state index contributed by atoms with van der Waals surface area (Å²) >= 11 is 0. The first-order valence-electron chi connectivity index (χ1n) is 8.05. The molecular formula is C16H16N4O7. The van der Waals surface area contributed by atoms with Crippen molar-refractivity contribution in [3.8, 4) is 0 Å². The molecule has 1 aliphatic rings. The second-order valence-corrected chi connectivity index (χ2v) is 5.71. The molecule has 0 saturated carbocycles. The van der Waals surface area contributed by atoms with Gasteiger partial charge in [0.05, 0.1) is 6.26 Å². The van der Waals surface area contributed by atoms with Gasteiger partial charge in [-0.05, 0) is 12.1 Å².